The van der Waals surface area contributed by atoms with Gasteiger partial charge in [0.25, 0.3) is 11.8 Å². The highest BCUT2D eigenvalue weighted by atomic mass is 32.2. The zero-order chi connectivity index (χ0) is 32.2. The number of carbonyl (C=O) groups excluding carboxylic acids is 3. The minimum Gasteiger partial charge on any atom is -0.494 e. The molecule has 0 aliphatic carbocycles. The molecule has 0 bridgehead atoms. The Hall–Kier alpha value is -5.02. The highest BCUT2D eigenvalue weighted by molar-refractivity contribution is 8.00. The lowest BCUT2D eigenvalue weighted by molar-refractivity contribution is -0.116. The Labute approximate surface area is 268 Å². The first-order valence-corrected chi connectivity index (χ1v) is 15.6. The summed E-state index contributed by atoms with van der Waals surface area (Å²) < 4.78 is 5.48. The van der Waals surface area contributed by atoms with Gasteiger partial charge in [-0.1, -0.05) is 43.3 Å². The molecule has 4 aromatic carbocycles. The van der Waals surface area contributed by atoms with E-state index in [9.17, 15) is 14.4 Å². The van der Waals surface area contributed by atoms with Crippen LogP contribution in [0.3, 0.4) is 0 Å². The number of thioether (sulfide) groups is 1. The van der Waals surface area contributed by atoms with Crippen LogP contribution in [0.5, 0.6) is 5.75 Å². The van der Waals surface area contributed by atoms with Crippen LogP contribution >= 0.6 is 11.8 Å². The maximum Gasteiger partial charge on any atom is 0.272 e. The summed E-state index contributed by atoms with van der Waals surface area (Å²) >= 11 is 1.41. The minimum absolute atomic E-state index is 0.0979. The van der Waals surface area contributed by atoms with E-state index in [4.69, 9.17) is 4.74 Å². The molecule has 3 N–H and O–H groups in total. The van der Waals surface area contributed by atoms with Crippen LogP contribution in [0.4, 0.5) is 17.1 Å². The number of benzene rings is 4. The van der Waals surface area contributed by atoms with Crippen molar-refractivity contribution in [1.29, 1.82) is 0 Å². The molecule has 9 heteroatoms. The van der Waals surface area contributed by atoms with Gasteiger partial charge in [-0.2, -0.15) is 0 Å². The smallest absolute Gasteiger partial charge is 0.272 e. The van der Waals surface area contributed by atoms with Crippen LogP contribution < -0.4 is 25.6 Å². The molecule has 0 aromatic heterocycles. The van der Waals surface area contributed by atoms with E-state index in [1.807, 2.05) is 106 Å². The van der Waals surface area contributed by atoms with Gasteiger partial charge in [0.05, 0.1) is 11.9 Å². The van der Waals surface area contributed by atoms with Crippen molar-refractivity contribution in [3.05, 3.63) is 120 Å². The Morgan fingerprint density at radius 2 is 1.53 bits per heavy atom. The molecule has 0 spiro atoms. The highest BCUT2D eigenvalue weighted by Crippen LogP contribution is 2.29. The predicted octanol–water partition coefficient (Wildman–Crippen LogP) is 7.07. The van der Waals surface area contributed by atoms with Crippen LogP contribution in [0.15, 0.2) is 114 Å². The fourth-order valence-electron chi connectivity index (χ4n) is 4.33. The molecule has 232 valence electrons. The largest absolute Gasteiger partial charge is 0.494 e. The topological polar surface area (TPSA) is 99.8 Å². The molecule has 3 amide bonds. The van der Waals surface area contributed by atoms with Gasteiger partial charge in [0.1, 0.15) is 11.4 Å². The van der Waals surface area contributed by atoms with E-state index < -0.39 is 11.8 Å². The summed E-state index contributed by atoms with van der Waals surface area (Å²) in [5, 5.41) is 8.31. The van der Waals surface area contributed by atoms with Gasteiger partial charge in [-0.3, -0.25) is 14.4 Å². The third kappa shape index (κ3) is 9.74. The van der Waals surface area contributed by atoms with Gasteiger partial charge in [-0.05, 0) is 91.7 Å². The Morgan fingerprint density at radius 1 is 0.822 bits per heavy atom. The molecule has 1 atom stereocenters. The fraction of sp³-hybridized carbons (Fsp3) is 0.194. The molecule has 0 aliphatic heterocycles. The number of anilines is 3. The summed E-state index contributed by atoms with van der Waals surface area (Å²) in [6.07, 6.45) is 2.25. The van der Waals surface area contributed by atoms with E-state index in [-0.39, 0.29) is 16.9 Å². The van der Waals surface area contributed by atoms with E-state index in [0.717, 1.165) is 21.9 Å². The van der Waals surface area contributed by atoms with Crippen molar-refractivity contribution in [3.63, 3.8) is 0 Å². The first-order valence-electron chi connectivity index (χ1n) is 14.7. The van der Waals surface area contributed by atoms with Crippen LogP contribution in [0.25, 0.3) is 6.08 Å². The molecule has 0 heterocycles. The number of nitrogens with zero attached hydrogens (tertiary/aromatic N) is 1. The number of hydrogen-bond acceptors (Lipinski definition) is 6. The van der Waals surface area contributed by atoms with E-state index >= 15 is 0 Å². The van der Waals surface area contributed by atoms with Gasteiger partial charge in [0.2, 0.25) is 5.91 Å². The maximum absolute atomic E-state index is 13.5. The summed E-state index contributed by atoms with van der Waals surface area (Å²) in [6, 6.07) is 31.0. The average molecular weight is 623 g/mol. The van der Waals surface area contributed by atoms with Crippen molar-refractivity contribution in [2.75, 3.05) is 36.2 Å². The third-order valence-corrected chi connectivity index (χ3v) is 8.07. The fourth-order valence-corrected chi connectivity index (χ4v) is 5.35. The number of amides is 3. The third-order valence-electron chi connectivity index (χ3n) is 6.72. The zero-order valence-corrected chi connectivity index (χ0v) is 26.7. The summed E-state index contributed by atoms with van der Waals surface area (Å²) in [6.45, 7) is 4.45. The van der Waals surface area contributed by atoms with Gasteiger partial charge in [-0.15, -0.1) is 11.8 Å². The Kier molecular flexibility index (Phi) is 11.8. The first-order chi connectivity index (χ1) is 21.7. The summed E-state index contributed by atoms with van der Waals surface area (Å²) in [7, 11) is 3.90. The van der Waals surface area contributed by atoms with Crippen molar-refractivity contribution in [3.8, 4) is 5.75 Å². The molecule has 1 unspecified atom stereocenters. The van der Waals surface area contributed by atoms with Gasteiger partial charge >= 0.3 is 0 Å². The Morgan fingerprint density at radius 3 is 2.18 bits per heavy atom. The molecule has 4 aromatic rings. The molecular formula is C36H38N4O4S. The van der Waals surface area contributed by atoms with Crippen molar-refractivity contribution < 1.29 is 19.1 Å². The SMILES string of the molecule is CCOc1ccc(NC(=O)C(CC)Sc2cccc(NC(=O)/C(=C\c3ccc(N(C)C)cc3)NC(=O)c3ccccc3)c2)cc1. The van der Waals surface area contributed by atoms with Crippen LogP contribution in [0.1, 0.15) is 36.2 Å². The maximum atomic E-state index is 13.5. The van der Waals surface area contributed by atoms with E-state index in [0.29, 0.717) is 30.0 Å². The predicted molar refractivity (Wildman–Crippen MR) is 184 cm³/mol. The molecule has 0 aliphatic rings. The Balaban J connectivity index is 1.48. The second-order valence-corrected chi connectivity index (χ2v) is 11.6. The first kappa shape index (κ1) is 32.9. The molecule has 0 saturated heterocycles. The van der Waals surface area contributed by atoms with Crippen molar-refractivity contribution in [1.82, 2.24) is 5.32 Å². The van der Waals surface area contributed by atoms with Crippen LogP contribution in [-0.4, -0.2) is 43.7 Å². The number of rotatable bonds is 13. The summed E-state index contributed by atoms with van der Waals surface area (Å²) in [4.78, 5) is 42.4. The number of nitrogens with one attached hydrogen (secondary N) is 3. The normalized spacial score (nSPS) is 11.7. The zero-order valence-electron chi connectivity index (χ0n) is 25.9. The van der Waals surface area contributed by atoms with Crippen molar-refractivity contribution in [2.45, 2.75) is 30.4 Å². The van der Waals surface area contributed by atoms with Crippen LogP contribution in [0.2, 0.25) is 0 Å². The highest BCUT2D eigenvalue weighted by Gasteiger charge is 2.19. The number of hydrogen-bond donors (Lipinski definition) is 3. The molecule has 8 nitrogen and oxygen atoms in total. The van der Waals surface area contributed by atoms with E-state index in [1.165, 1.54) is 11.8 Å². The molecule has 45 heavy (non-hydrogen) atoms. The molecule has 0 saturated carbocycles. The van der Waals surface area contributed by atoms with Crippen LogP contribution in [0, 0.1) is 0 Å². The minimum atomic E-state index is -0.474. The van der Waals surface area contributed by atoms with E-state index in [1.54, 1.807) is 36.4 Å². The van der Waals surface area contributed by atoms with Crippen molar-refractivity contribution in [2.24, 2.45) is 0 Å². The Bertz CT molecular complexity index is 1620. The van der Waals surface area contributed by atoms with Gasteiger partial charge in [0, 0.05) is 41.6 Å². The second-order valence-electron chi connectivity index (χ2n) is 10.3. The summed E-state index contributed by atoms with van der Waals surface area (Å²) in [5.74, 6) is -0.236. The lowest BCUT2D eigenvalue weighted by Gasteiger charge is -2.16. The monoisotopic (exact) mass is 622 g/mol. The molecule has 4 rings (SSSR count). The average Bonchev–Trinajstić information content (AvgIpc) is 3.05. The second kappa shape index (κ2) is 16.2. The number of carbonyl (C=O) groups is 3. The quantitative estimate of drug-likeness (QED) is 0.109. The number of ether oxygens (including phenoxy) is 1. The van der Waals surface area contributed by atoms with E-state index in [2.05, 4.69) is 16.0 Å². The lowest BCUT2D eigenvalue weighted by atomic mass is 10.1. The lowest BCUT2D eigenvalue weighted by Crippen LogP contribution is -2.30. The molecule has 0 fully saturated rings. The van der Waals surface area contributed by atoms with Gasteiger partial charge < -0.3 is 25.6 Å². The van der Waals surface area contributed by atoms with Gasteiger partial charge in [0.15, 0.2) is 0 Å². The molecule has 0 radical (unpaired) electrons. The molecular weight excluding hydrogens is 584 g/mol. The van der Waals surface area contributed by atoms with Crippen molar-refractivity contribution >= 4 is 52.6 Å². The van der Waals surface area contributed by atoms with Gasteiger partial charge in [-0.25, -0.2) is 0 Å². The summed E-state index contributed by atoms with van der Waals surface area (Å²) in [5.41, 5.74) is 3.53. The standard InChI is InChI=1S/C36H38N4O4S/c1-5-33(36(43)37-27-17-21-30(22-18-27)44-6-2)45-31-14-10-13-28(24-31)38-35(42)32(39-34(41)26-11-8-7-9-12-26)23-25-15-19-29(20-16-25)40(3)4/h7-24,33H,5-6H2,1-4H3,(H,37,43)(H,38,42)(H,39,41)/b32-23+. The van der Waals surface area contributed by atoms with Crippen LogP contribution in [-0.2, 0) is 9.59 Å².